The van der Waals surface area contributed by atoms with Crippen LogP contribution in [0.5, 0.6) is 0 Å². The Morgan fingerprint density at radius 1 is 0.212 bits per heavy atom. The maximum Gasteiger partial charge on any atom is 0.137 e. The third kappa shape index (κ3) is 7.73. The number of furan rings is 4. The van der Waals surface area contributed by atoms with Gasteiger partial charge in [-0.25, -0.2) is 0 Å². The van der Waals surface area contributed by atoms with Crippen LogP contribution in [0.3, 0.4) is 0 Å². The van der Waals surface area contributed by atoms with E-state index in [9.17, 15) is 0 Å². The van der Waals surface area contributed by atoms with E-state index in [0.717, 1.165) is 133 Å². The average molecular weight is 1340 g/mol. The quantitative estimate of drug-likeness (QED) is 0.158. The van der Waals surface area contributed by atoms with Crippen LogP contribution in [0.4, 0.5) is 34.1 Å². The predicted octanol–water partition coefficient (Wildman–Crippen LogP) is 28.2. The van der Waals surface area contributed by atoms with Crippen molar-refractivity contribution in [1.29, 1.82) is 0 Å². The molecule has 494 valence electrons. The zero-order chi connectivity index (χ0) is 69.3. The monoisotopic (exact) mass is 1340 g/mol. The third-order valence-corrected chi connectivity index (χ3v) is 23.8. The van der Waals surface area contributed by atoms with Gasteiger partial charge in [0.2, 0.25) is 0 Å². The Balaban J connectivity index is 0.908. The highest BCUT2D eigenvalue weighted by molar-refractivity contribution is 6.21. The van der Waals surface area contributed by atoms with E-state index in [2.05, 4.69) is 355 Å². The Morgan fingerprint density at radius 3 is 0.769 bits per heavy atom. The first-order valence-corrected chi connectivity index (χ1v) is 36.3. The van der Waals surface area contributed by atoms with Crippen molar-refractivity contribution >= 4 is 165 Å². The zero-order valence-electron chi connectivity index (χ0n) is 58.4. The van der Waals surface area contributed by atoms with E-state index in [1.54, 1.807) is 0 Å². The Kier molecular flexibility index (Phi) is 11.9. The molecular weight excluding hydrogens is 1270 g/mol. The van der Waals surface area contributed by atoms with Crippen molar-refractivity contribution in [2.24, 2.45) is 10.8 Å². The van der Waals surface area contributed by atoms with E-state index >= 15 is 0 Å². The molecule has 0 saturated heterocycles. The molecule has 2 aliphatic rings. The van der Waals surface area contributed by atoms with E-state index < -0.39 is 21.7 Å². The van der Waals surface area contributed by atoms with Gasteiger partial charge in [-0.05, 0) is 173 Å². The van der Waals surface area contributed by atoms with Crippen LogP contribution < -0.4 is 9.80 Å². The molecule has 2 aliphatic carbocycles. The molecule has 6 heteroatoms. The number of hydrogen-bond acceptors (Lipinski definition) is 6. The molecule has 0 aliphatic heterocycles. The van der Waals surface area contributed by atoms with E-state index in [4.69, 9.17) is 17.7 Å². The molecule has 2 unspecified atom stereocenters. The average Bonchev–Trinajstić information content (AvgIpc) is 1.44. The summed E-state index contributed by atoms with van der Waals surface area (Å²) < 4.78 is 27.5. The van der Waals surface area contributed by atoms with E-state index in [0.29, 0.717) is 0 Å². The van der Waals surface area contributed by atoms with Gasteiger partial charge in [0.05, 0.1) is 11.4 Å². The van der Waals surface area contributed by atoms with E-state index in [-0.39, 0.29) is 0 Å². The van der Waals surface area contributed by atoms with Gasteiger partial charge < -0.3 is 27.5 Å². The molecule has 0 amide bonds. The summed E-state index contributed by atoms with van der Waals surface area (Å²) in [4.78, 5) is 4.98. The van der Waals surface area contributed by atoms with E-state index in [1.807, 2.05) is 0 Å². The van der Waals surface area contributed by atoms with Crippen LogP contribution in [0.25, 0.3) is 153 Å². The van der Waals surface area contributed by atoms with Crippen LogP contribution in [0, 0.1) is 10.8 Å². The fourth-order valence-electron chi connectivity index (χ4n) is 20.0. The van der Waals surface area contributed by atoms with Crippen LogP contribution in [-0.2, 0) is 10.8 Å². The number of rotatable bonds is 7. The summed E-state index contributed by atoms with van der Waals surface area (Å²) in [5.41, 5.74) is 19.9. The van der Waals surface area contributed by atoms with Gasteiger partial charge in [0, 0.05) is 112 Å². The van der Waals surface area contributed by atoms with Gasteiger partial charge in [-0.1, -0.05) is 236 Å². The minimum atomic E-state index is -0.907. The number of hydrogen-bond donors (Lipinski definition) is 0. The van der Waals surface area contributed by atoms with Gasteiger partial charge >= 0.3 is 0 Å². The van der Waals surface area contributed by atoms with Crippen molar-refractivity contribution in [2.45, 2.75) is 52.4 Å². The van der Waals surface area contributed by atoms with Gasteiger partial charge in [-0.15, -0.1) is 0 Å². The number of fused-ring (bicyclic) bond motifs is 26. The van der Waals surface area contributed by atoms with Crippen molar-refractivity contribution in [3.63, 3.8) is 0 Å². The van der Waals surface area contributed by atoms with Crippen LogP contribution in [-0.4, -0.2) is 0 Å². The summed E-state index contributed by atoms with van der Waals surface area (Å²) >= 11 is 0. The Labute approximate surface area is 599 Å². The molecule has 22 rings (SSSR count). The molecule has 4 aromatic heterocycles. The molecule has 0 radical (unpaired) electrons. The summed E-state index contributed by atoms with van der Waals surface area (Å²) in [5, 5.41) is 18.1. The molecule has 0 spiro atoms. The molecule has 0 N–H and O–H groups in total. The highest BCUT2D eigenvalue weighted by Crippen LogP contribution is 2.77. The fraction of sp³-hybridized carbons (Fsp3) is 0.102. The number of anilines is 6. The second kappa shape index (κ2) is 21.0. The summed E-state index contributed by atoms with van der Waals surface area (Å²) in [5.74, 6) is 0. The van der Waals surface area contributed by atoms with Gasteiger partial charge in [0.25, 0.3) is 0 Å². The predicted molar refractivity (Wildman–Crippen MR) is 433 cm³/mol. The molecule has 20 aromatic rings. The minimum absolute atomic E-state index is 0.581. The van der Waals surface area contributed by atoms with Crippen LogP contribution in [0.1, 0.15) is 63.8 Å². The van der Waals surface area contributed by atoms with Gasteiger partial charge in [-0.2, -0.15) is 0 Å². The molecule has 4 heterocycles. The van der Waals surface area contributed by atoms with Crippen LogP contribution in [0.2, 0.25) is 0 Å². The summed E-state index contributed by atoms with van der Waals surface area (Å²) in [6.45, 7) is 15.3. The van der Waals surface area contributed by atoms with Crippen molar-refractivity contribution in [3.8, 4) is 22.3 Å². The van der Waals surface area contributed by atoms with Crippen molar-refractivity contribution in [1.82, 2.24) is 0 Å². The molecule has 0 bridgehead atoms. The molecule has 104 heavy (non-hydrogen) atoms. The molecule has 16 aromatic carbocycles. The standard InChI is InChI=1S/C98H68N2O4/c1-95(2,3)97(77-49-39-57-23-7-9-25-63(57)91(77)93-75-33-13-11-27-65(75)81(55-79(93)97)99(59-41-45-71-67-29-15-19-35-83(67)101-87(71)51-59)60-42-46-72-68-30-16-20-36-84(68)102-88(72)52-60)98(96(4,5)6)78-50-40-58-24-8-10-26-64(58)92(78)94-76-34-14-12-28-66(76)82(56-80(94)98)100(61-43-47-73-69-31-17-21-37-85(69)103-89(73)53-61)62-44-48-74-70-32-18-22-38-86(70)104-90(74)54-62/h7-56H,1-6H3. The van der Waals surface area contributed by atoms with Gasteiger partial charge in [0.15, 0.2) is 0 Å². The summed E-state index contributed by atoms with van der Waals surface area (Å²) in [7, 11) is 0. The highest BCUT2D eigenvalue weighted by Gasteiger charge is 2.71. The smallest absolute Gasteiger partial charge is 0.137 e. The number of benzene rings is 16. The Hall–Kier alpha value is -12.6. The minimum Gasteiger partial charge on any atom is -0.456 e. The van der Waals surface area contributed by atoms with Gasteiger partial charge in [-0.3, -0.25) is 0 Å². The molecule has 2 atom stereocenters. The van der Waals surface area contributed by atoms with Gasteiger partial charge in [0.1, 0.15) is 44.7 Å². The molecule has 0 saturated carbocycles. The molecular formula is C98H68N2O4. The normalized spacial score (nSPS) is 15.9. The molecule has 6 nitrogen and oxygen atoms in total. The fourth-order valence-corrected chi connectivity index (χ4v) is 20.0. The number of nitrogens with zero attached hydrogens (tertiary/aromatic N) is 2. The SMILES string of the molecule is CC(C)(C)C1(C2(C(C)(C)C)c3ccc4ccccc4c3-c3c2cc(N(c2ccc4c(c2)oc2ccccc24)c2ccc4c(c2)oc2ccccc24)c2ccccc32)c2ccc3ccccc3c2-c2c1cc(N(c1ccc3c(c1)oc1ccccc13)c1ccc3c(c1)oc1ccccc13)c1ccccc21. The topological polar surface area (TPSA) is 59.0 Å². The maximum absolute atomic E-state index is 6.88. The lowest BCUT2D eigenvalue weighted by molar-refractivity contribution is 0.0596. The Morgan fingerprint density at radius 2 is 0.462 bits per heavy atom. The van der Waals surface area contributed by atoms with Crippen molar-refractivity contribution < 1.29 is 17.7 Å². The second-order valence-electron chi connectivity index (χ2n) is 30.9. The van der Waals surface area contributed by atoms with Crippen molar-refractivity contribution in [3.05, 3.63) is 326 Å². The van der Waals surface area contributed by atoms with Crippen LogP contribution >= 0.6 is 0 Å². The lowest BCUT2D eigenvalue weighted by Gasteiger charge is -2.62. The maximum atomic E-state index is 6.88. The first kappa shape index (κ1) is 59.1. The van der Waals surface area contributed by atoms with Crippen LogP contribution in [0.15, 0.2) is 321 Å². The molecule has 0 fully saturated rings. The first-order chi connectivity index (χ1) is 50.8. The lowest BCUT2D eigenvalue weighted by atomic mass is 9.39. The highest BCUT2D eigenvalue weighted by atomic mass is 16.3. The lowest BCUT2D eigenvalue weighted by Crippen LogP contribution is -2.62. The number of para-hydroxylation sites is 4. The first-order valence-electron chi connectivity index (χ1n) is 36.3. The Bertz CT molecular complexity index is 6470. The van der Waals surface area contributed by atoms with Crippen molar-refractivity contribution in [2.75, 3.05) is 9.80 Å². The summed E-state index contributed by atoms with van der Waals surface area (Å²) in [6.07, 6.45) is 0. The van der Waals surface area contributed by atoms with E-state index in [1.165, 1.54) is 76.8 Å². The largest absolute Gasteiger partial charge is 0.456 e. The second-order valence-corrected chi connectivity index (χ2v) is 30.9. The third-order valence-electron chi connectivity index (χ3n) is 23.8. The summed E-state index contributed by atoms with van der Waals surface area (Å²) in [6, 6.07) is 113. The zero-order valence-corrected chi connectivity index (χ0v) is 58.4.